The van der Waals surface area contributed by atoms with Crippen LogP contribution in [0.3, 0.4) is 0 Å². The zero-order chi connectivity index (χ0) is 15.2. The molecule has 1 rings (SSSR count). The molecule has 1 N–H and O–H groups in total. The van der Waals surface area contributed by atoms with Gasteiger partial charge in [0, 0.05) is 6.54 Å². The number of hydrogen-bond acceptors (Lipinski definition) is 4. The second kappa shape index (κ2) is 7.50. The van der Waals surface area contributed by atoms with Crippen LogP contribution in [0.1, 0.15) is 53.4 Å². The van der Waals surface area contributed by atoms with Crippen molar-refractivity contribution < 1.29 is 19.1 Å². The summed E-state index contributed by atoms with van der Waals surface area (Å²) in [6.07, 6.45) is 3.86. The summed E-state index contributed by atoms with van der Waals surface area (Å²) in [5, 5.41) is 2.69. The maximum atomic E-state index is 12.0. The van der Waals surface area contributed by atoms with Gasteiger partial charge in [-0.2, -0.15) is 0 Å². The van der Waals surface area contributed by atoms with Gasteiger partial charge in [0.15, 0.2) is 0 Å². The molecule has 0 bridgehead atoms. The van der Waals surface area contributed by atoms with E-state index in [1.54, 1.807) is 6.92 Å². The van der Waals surface area contributed by atoms with E-state index in [0.29, 0.717) is 19.1 Å². The molecule has 0 spiro atoms. The fourth-order valence-electron chi connectivity index (χ4n) is 2.56. The Morgan fingerprint density at radius 2 is 1.85 bits per heavy atom. The molecular formula is C15H27NO4. The zero-order valence-corrected chi connectivity index (χ0v) is 13.0. The van der Waals surface area contributed by atoms with Crippen LogP contribution in [-0.2, 0) is 14.3 Å². The average Bonchev–Trinajstić information content (AvgIpc) is 2.80. The number of rotatable bonds is 5. The summed E-state index contributed by atoms with van der Waals surface area (Å²) >= 11 is 0. The molecule has 0 unspecified atom stereocenters. The first kappa shape index (κ1) is 16.8. The van der Waals surface area contributed by atoms with Gasteiger partial charge in [-0.05, 0) is 46.5 Å². The van der Waals surface area contributed by atoms with Crippen LogP contribution in [0, 0.1) is 11.8 Å². The third-order valence-corrected chi connectivity index (χ3v) is 3.42. The van der Waals surface area contributed by atoms with Gasteiger partial charge in [-0.15, -0.1) is 0 Å². The van der Waals surface area contributed by atoms with E-state index in [9.17, 15) is 9.59 Å². The molecule has 1 fully saturated rings. The molecule has 116 valence electrons. The molecule has 0 aromatic rings. The van der Waals surface area contributed by atoms with Crippen LogP contribution in [0.25, 0.3) is 0 Å². The molecule has 0 aromatic heterocycles. The lowest BCUT2D eigenvalue weighted by Crippen LogP contribution is -2.39. The Balaban J connectivity index is 2.52. The van der Waals surface area contributed by atoms with Gasteiger partial charge < -0.3 is 14.8 Å². The number of nitrogens with one attached hydrogen (secondary N) is 1. The minimum absolute atomic E-state index is 0.213. The summed E-state index contributed by atoms with van der Waals surface area (Å²) in [6.45, 7) is 7.89. The first-order chi connectivity index (χ1) is 9.33. The maximum absolute atomic E-state index is 12.0. The average molecular weight is 285 g/mol. The molecule has 1 saturated carbocycles. The second-order valence-electron chi connectivity index (χ2n) is 6.29. The molecule has 0 radical (unpaired) electrons. The highest BCUT2D eigenvalue weighted by Gasteiger charge is 2.32. The van der Waals surface area contributed by atoms with Crippen LogP contribution in [0.5, 0.6) is 0 Å². The van der Waals surface area contributed by atoms with Crippen molar-refractivity contribution in [3.05, 3.63) is 0 Å². The summed E-state index contributed by atoms with van der Waals surface area (Å²) in [5.74, 6) is -0.163. The van der Waals surface area contributed by atoms with Crippen LogP contribution in [-0.4, -0.2) is 30.8 Å². The topological polar surface area (TPSA) is 64.6 Å². The van der Waals surface area contributed by atoms with Crippen molar-refractivity contribution in [3.63, 3.8) is 0 Å². The minimum Gasteiger partial charge on any atom is -0.466 e. The van der Waals surface area contributed by atoms with E-state index in [0.717, 1.165) is 25.7 Å². The molecule has 1 amide bonds. The Morgan fingerprint density at radius 1 is 1.25 bits per heavy atom. The monoisotopic (exact) mass is 285 g/mol. The highest BCUT2D eigenvalue weighted by atomic mass is 16.6. The Kier molecular flexibility index (Phi) is 6.30. The van der Waals surface area contributed by atoms with Crippen LogP contribution < -0.4 is 5.32 Å². The number of carbonyl (C=O) groups is 2. The van der Waals surface area contributed by atoms with Gasteiger partial charge in [0.2, 0.25) is 0 Å². The quantitative estimate of drug-likeness (QED) is 0.789. The van der Waals surface area contributed by atoms with Gasteiger partial charge in [-0.3, -0.25) is 4.79 Å². The fourth-order valence-corrected chi connectivity index (χ4v) is 2.56. The number of carbonyl (C=O) groups excluding carboxylic acids is 2. The molecule has 0 saturated heterocycles. The third-order valence-electron chi connectivity index (χ3n) is 3.42. The lowest BCUT2D eigenvalue weighted by Gasteiger charge is -2.24. The molecular weight excluding hydrogens is 258 g/mol. The SMILES string of the molecule is CCOC(=O)[C@@H](CNC(=O)OC(C)(C)C)C1CCCC1. The Hall–Kier alpha value is -1.26. The minimum atomic E-state index is -0.531. The van der Waals surface area contributed by atoms with E-state index in [1.165, 1.54) is 0 Å². The number of esters is 1. The van der Waals surface area contributed by atoms with E-state index < -0.39 is 11.7 Å². The van der Waals surface area contributed by atoms with Crippen molar-refractivity contribution in [2.45, 2.75) is 59.0 Å². The van der Waals surface area contributed by atoms with E-state index in [-0.39, 0.29) is 11.9 Å². The van der Waals surface area contributed by atoms with Crippen LogP contribution in [0.2, 0.25) is 0 Å². The molecule has 5 nitrogen and oxygen atoms in total. The van der Waals surface area contributed by atoms with Gasteiger partial charge in [0.1, 0.15) is 5.60 Å². The first-order valence-electron chi connectivity index (χ1n) is 7.47. The number of ether oxygens (including phenoxy) is 2. The summed E-state index contributed by atoms with van der Waals surface area (Å²) in [4.78, 5) is 23.7. The maximum Gasteiger partial charge on any atom is 0.407 e. The summed E-state index contributed by atoms with van der Waals surface area (Å²) < 4.78 is 10.3. The Bertz CT molecular complexity index is 329. The Morgan fingerprint density at radius 3 is 2.35 bits per heavy atom. The lowest BCUT2D eigenvalue weighted by atomic mass is 9.91. The summed E-state index contributed by atoms with van der Waals surface area (Å²) in [7, 11) is 0. The standard InChI is InChI=1S/C15H27NO4/c1-5-19-13(17)12(11-8-6-7-9-11)10-16-14(18)20-15(2,3)4/h11-12H,5-10H2,1-4H3,(H,16,18)/t12-/m0/s1. The molecule has 0 heterocycles. The van der Waals surface area contributed by atoms with Gasteiger partial charge in [0.05, 0.1) is 12.5 Å². The first-order valence-corrected chi connectivity index (χ1v) is 7.47. The van der Waals surface area contributed by atoms with Crippen LogP contribution >= 0.6 is 0 Å². The van der Waals surface area contributed by atoms with Gasteiger partial charge >= 0.3 is 12.1 Å². The third kappa shape index (κ3) is 5.80. The zero-order valence-electron chi connectivity index (χ0n) is 13.0. The van der Waals surface area contributed by atoms with E-state index >= 15 is 0 Å². The molecule has 1 atom stereocenters. The Labute approximate surface area is 121 Å². The predicted octanol–water partition coefficient (Wildman–Crippen LogP) is 2.88. The summed E-state index contributed by atoms with van der Waals surface area (Å²) in [6, 6.07) is 0. The number of hydrogen-bond donors (Lipinski definition) is 1. The van der Waals surface area contributed by atoms with Crippen LogP contribution in [0.15, 0.2) is 0 Å². The lowest BCUT2D eigenvalue weighted by molar-refractivity contribution is -0.149. The molecule has 5 heteroatoms. The van der Waals surface area contributed by atoms with E-state index in [4.69, 9.17) is 9.47 Å². The van der Waals surface area contributed by atoms with E-state index in [1.807, 2.05) is 20.8 Å². The molecule has 0 aliphatic heterocycles. The smallest absolute Gasteiger partial charge is 0.407 e. The van der Waals surface area contributed by atoms with Gasteiger partial charge in [-0.25, -0.2) is 4.79 Å². The molecule has 20 heavy (non-hydrogen) atoms. The largest absolute Gasteiger partial charge is 0.466 e. The van der Waals surface area contributed by atoms with Crippen molar-refractivity contribution >= 4 is 12.1 Å². The van der Waals surface area contributed by atoms with Crippen molar-refractivity contribution in [1.82, 2.24) is 5.32 Å². The van der Waals surface area contributed by atoms with Crippen LogP contribution in [0.4, 0.5) is 4.79 Å². The van der Waals surface area contributed by atoms with Crippen molar-refractivity contribution in [2.75, 3.05) is 13.2 Å². The molecule has 1 aliphatic carbocycles. The molecule has 0 aromatic carbocycles. The van der Waals surface area contributed by atoms with Gasteiger partial charge in [0.25, 0.3) is 0 Å². The normalized spacial score (nSPS) is 17.6. The molecule has 1 aliphatic rings. The highest BCUT2D eigenvalue weighted by Crippen LogP contribution is 2.31. The second-order valence-corrected chi connectivity index (χ2v) is 6.29. The van der Waals surface area contributed by atoms with Gasteiger partial charge in [-0.1, -0.05) is 12.8 Å². The summed E-state index contributed by atoms with van der Waals surface area (Å²) in [5.41, 5.74) is -0.531. The number of amides is 1. The number of alkyl carbamates (subject to hydrolysis) is 1. The van der Waals surface area contributed by atoms with Crippen molar-refractivity contribution in [2.24, 2.45) is 11.8 Å². The fraction of sp³-hybridized carbons (Fsp3) is 0.867. The van der Waals surface area contributed by atoms with Crippen molar-refractivity contribution in [3.8, 4) is 0 Å². The van der Waals surface area contributed by atoms with Crippen molar-refractivity contribution in [1.29, 1.82) is 0 Å². The van der Waals surface area contributed by atoms with E-state index in [2.05, 4.69) is 5.32 Å². The predicted molar refractivity (Wildman–Crippen MR) is 76.3 cm³/mol. The highest BCUT2D eigenvalue weighted by molar-refractivity contribution is 5.74.